The van der Waals surface area contributed by atoms with Crippen LogP contribution >= 0.6 is 0 Å². The summed E-state index contributed by atoms with van der Waals surface area (Å²) in [5, 5.41) is 9.20. The van der Waals surface area contributed by atoms with Gasteiger partial charge in [-0.25, -0.2) is 0 Å². The summed E-state index contributed by atoms with van der Waals surface area (Å²) in [4.78, 5) is 6.66. The molecule has 1 fully saturated rings. The van der Waals surface area contributed by atoms with E-state index in [4.69, 9.17) is 0 Å². The number of aliphatic hydroxyl groups excluding tert-OH is 1. The van der Waals surface area contributed by atoms with Gasteiger partial charge in [-0.15, -0.1) is 0 Å². The maximum Gasteiger partial charge on any atom is 0.0681 e. The predicted octanol–water partition coefficient (Wildman–Crippen LogP) is 3.00. The quantitative estimate of drug-likeness (QED) is 0.921. The van der Waals surface area contributed by atoms with Gasteiger partial charge in [0.2, 0.25) is 0 Å². The number of aliphatic hydroxyl groups is 1. The summed E-state index contributed by atoms with van der Waals surface area (Å²) in [6.07, 6.45) is 7.33. The Morgan fingerprint density at radius 1 is 1.05 bits per heavy atom. The highest BCUT2D eigenvalue weighted by Gasteiger charge is 2.20. The Morgan fingerprint density at radius 3 is 2.50 bits per heavy atom. The minimum atomic E-state index is 0.130. The van der Waals surface area contributed by atoms with Crippen molar-refractivity contribution in [2.24, 2.45) is 0 Å². The van der Waals surface area contributed by atoms with E-state index in [1.54, 1.807) is 0 Å². The van der Waals surface area contributed by atoms with Gasteiger partial charge in [0.15, 0.2) is 0 Å². The van der Waals surface area contributed by atoms with E-state index in [9.17, 15) is 5.11 Å². The third-order valence-electron chi connectivity index (χ3n) is 4.66. The summed E-state index contributed by atoms with van der Waals surface area (Å²) in [5.74, 6) is 0.692. The molecule has 0 spiro atoms. The fourth-order valence-electron chi connectivity index (χ4n) is 3.30. The lowest BCUT2D eigenvalue weighted by atomic mass is 9.90. The SMILES string of the molecule is OCc1cccc(CCN2CCC(c3ccncc3)CC2)c1. The van der Waals surface area contributed by atoms with Crippen molar-refractivity contribution in [1.82, 2.24) is 9.88 Å². The first-order chi connectivity index (χ1) is 10.8. The zero-order valence-electron chi connectivity index (χ0n) is 13.0. The monoisotopic (exact) mass is 296 g/mol. The lowest BCUT2D eigenvalue weighted by Crippen LogP contribution is -2.34. The van der Waals surface area contributed by atoms with Gasteiger partial charge in [0.1, 0.15) is 0 Å². The van der Waals surface area contributed by atoms with Crippen molar-refractivity contribution in [3.05, 3.63) is 65.5 Å². The molecule has 3 heteroatoms. The molecular weight excluding hydrogens is 272 g/mol. The van der Waals surface area contributed by atoms with E-state index in [2.05, 4.69) is 34.1 Å². The van der Waals surface area contributed by atoms with E-state index in [0.29, 0.717) is 5.92 Å². The van der Waals surface area contributed by atoms with Crippen LogP contribution < -0.4 is 0 Å². The summed E-state index contributed by atoms with van der Waals surface area (Å²) in [6, 6.07) is 12.6. The maximum absolute atomic E-state index is 9.20. The Balaban J connectivity index is 1.48. The molecule has 2 aromatic rings. The molecular formula is C19H24N2O. The highest BCUT2D eigenvalue weighted by molar-refractivity contribution is 5.23. The summed E-state index contributed by atoms with van der Waals surface area (Å²) >= 11 is 0. The lowest BCUT2D eigenvalue weighted by Gasteiger charge is -2.32. The first kappa shape index (κ1) is 15.2. The highest BCUT2D eigenvalue weighted by atomic mass is 16.3. The zero-order chi connectivity index (χ0) is 15.2. The number of pyridine rings is 1. The molecule has 1 saturated heterocycles. The van der Waals surface area contributed by atoms with Crippen LogP contribution in [0.15, 0.2) is 48.8 Å². The number of likely N-dealkylation sites (tertiary alicyclic amines) is 1. The number of hydrogen-bond acceptors (Lipinski definition) is 3. The van der Waals surface area contributed by atoms with Gasteiger partial charge in [-0.3, -0.25) is 4.98 Å². The summed E-state index contributed by atoms with van der Waals surface area (Å²) in [6.45, 7) is 3.59. The van der Waals surface area contributed by atoms with Gasteiger partial charge in [0.25, 0.3) is 0 Å². The number of rotatable bonds is 5. The molecule has 0 radical (unpaired) electrons. The van der Waals surface area contributed by atoms with Gasteiger partial charge in [0, 0.05) is 18.9 Å². The van der Waals surface area contributed by atoms with Crippen molar-refractivity contribution in [1.29, 1.82) is 0 Å². The van der Waals surface area contributed by atoms with E-state index in [1.807, 2.05) is 24.5 Å². The van der Waals surface area contributed by atoms with Gasteiger partial charge in [0.05, 0.1) is 6.61 Å². The molecule has 1 aromatic heterocycles. The normalized spacial score (nSPS) is 16.8. The lowest BCUT2D eigenvalue weighted by molar-refractivity contribution is 0.214. The molecule has 2 heterocycles. The van der Waals surface area contributed by atoms with Crippen molar-refractivity contribution >= 4 is 0 Å². The number of benzene rings is 1. The van der Waals surface area contributed by atoms with Crippen LogP contribution in [0.2, 0.25) is 0 Å². The molecule has 0 unspecified atom stereocenters. The molecule has 1 aliphatic rings. The third-order valence-corrected chi connectivity index (χ3v) is 4.66. The first-order valence-electron chi connectivity index (χ1n) is 8.16. The molecule has 0 amide bonds. The highest BCUT2D eigenvalue weighted by Crippen LogP contribution is 2.27. The van der Waals surface area contributed by atoms with Crippen LogP contribution in [0.25, 0.3) is 0 Å². The van der Waals surface area contributed by atoms with E-state index < -0.39 is 0 Å². The Labute approximate surface area is 132 Å². The fraction of sp³-hybridized carbons (Fsp3) is 0.421. The standard InChI is InChI=1S/C19H24N2O/c22-15-17-3-1-2-16(14-17)6-11-21-12-7-19(8-13-21)18-4-9-20-10-5-18/h1-5,9-10,14,19,22H,6-8,11-13,15H2. The number of hydrogen-bond donors (Lipinski definition) is 1. The van der Waals surface area contributed by atoms with E-state index in [0.717, 1.165) is 18.5 Å². The maximum atomic E-state index is 9.20. The van der Waals surface area contributed by atoms with Gasteiger partial charge < -0.3 is 10.0 Å². The van der Waals surface area contributed by atoms with Crippen molar-refractivity contribution in [3.63, 3.8) is 0 Å². The van der Waals surface area contributed by atoms with Crippen LogP contribution in [-0.4, -0.2) is 34.6 Å². The third kappa shape index (κ3) is 3.93. The number of piperidine rings is 1. The first-order valence-corrected chi connectivity index (χ1v) is 8.16. The average molecular weight is 296 g/mol. The average Bonchev–Trinajstić information content (AvgIpc) is 2.61. The van der Waals surface area contributed by atoms with Gasteiger partial charge in [-0.1, -0.05) is 24.3 Å². The van der Waals surface area contributed by atoms with E-state index >= 15 is 0 Å². The molecule has 3 nitrogen and oxygen atoms in total. The van der Waals surface area contributed by atoms with Crippen molar-refractivity contribution < 1.29 is 5.11 Å². The Kier molecular flexibility index (Phi) is 5.20. The number of aromatic nitrogens is 1. The Hall–Kier alpha value is -1.71. The summed E-state index contributed by atoms with van der Waals surface area (Å²) in [5.41, 5.74) is 3.77. The summed E-state index contributed by atoms with van der Waals surface area (Å²) in [7, 11) is 0. The molecule has 116 valence electrons. The van der Waals surface area contributed by atoms with E-state index in [-0.39, 0.29) is 6.61 Å². The second-order valence-electron chi connectivity index (χ2n) is 6.12. The van der Waals surface area contributed by atoms with Crippen molar-refractivity contribution in [3.8, 4) is 0 Å². The minimum absolute atomic E-state index is 0.130. The molecule has 0 atom stereocenters. The van der Waals surface area contributed by atoms with Crippen LogP contribution in [0.4, 0.5) is 0 Å². The molecule has 0 saturated carbocycles. The smallest absolute Gasteiger partial charge is 0.0681 e. The molecule has 1 N–H and O–H groups in total. The molecule has 1 aromatic carbocycles. The number of nitrogens with zero attached hydrogens (tertiary/aromatic N) is 2. The fourth-order valence-corrected chi connectivity index (χ4v) is 3.30. The van der Waals surface area contributed by atoms with E-state index in [1.165, 1.54) is 37.1 Å². The van der Waals surface area contributed by atoms with Crippen LogP contribution in [0.5, 0.6) is 0 Å². The minimum Gasteiger partial charge on any atom is -0.392 e. The molecule has 1 aliphatic heterocycles. The van der Waals surface area contributed by atoms with Crippen LogP contribution in [0, 0.1) is 0 Å². The second kappa shape index (κ2) is 7.52. The second-order valence-corrected chi connectivity index (χ2v) is 6.12. The van der Waals surface area contributed by atoms with Gasteiger partial charge >= 0.3 is 0 Å². The van der Waals surface area contributed by atoms with Crippen LogP contribution in [-0.2, 0) is 13.0 Å². The molecule has 3 rings (SSSR count). The van der Waals surface area contributed by atoms with Crippen molar-refractivity contribution in [2.75, 3.05) is 19.6 Å². The van der Waals surface area contributed by atoms with Gasteiger partial charge in [-0.2, -0.15) is 0 Å². The summed E-state index contributed by atoms with van der Waals surface area (Å²) < 4.78 is 0. The predicted molar refractivity (Wildman–Crippen MR) is 88.7 cm³/mol. The topological polar surface area (TPSA) is 36.4 Å². The van der Waals surface area contributed by atoms with Crippen LogP contribution in [0.3, 0.4) is 0 Å². The molecule has 22 heavy (non-hydrogen) atoms. The molecule has 0 bridgehead atoms. The largest absolute Gasteiger partial charge is 0.392 e. The van der Waals surface area contributed by atoms with Crippen molar-refractivity contribution in [2.45, 2.75) is 31.8 Å². The van der Waals surface area contributed by atoms with Crippen LogP contribution in [0.1, 0.15) is 35.4 Å². The Morgan fingerprint density at radius 2 is 1.77 bits per heavy atom. The molecule has 0 aliphatic carbocycles. The van der Waals surface area contributed by atoms with Gasteiger partial charge in [-0.05, 0) is 67.1 Å². The Bertz CT molecular complexity index is 577. The zero-order valence-corrected chi connectivity index (χ0v) is 13.0.